The summed E-state index contributed by atoms with van der Waals surface area (Å²) in [7, 11) is 2.03. The van der Waals surface area contributed by atoms with E-state index in [0.717, 1.165) is 26.2 Å². The van der Waals surface area contributed by atoms with Gasteiger partial charge >= 0.3 is 0 Å². The lowest BCUT2D eigenvalue weighted by atomic mass is 10.3. The van der Waals surface area contributed by atoms with Crippen molar-refractivity contribution in [2.75, 3.05) is 33.2 Å². The zero-order valence-electron chi connectivity index (χ0n) is 9.99. The molecule has 0 aromatic rings. The van der Waals surface area contributed by atoms with Crippen LogP contribution in [0, 0.1) is 11.3 Å². The molecule has 0 atom stereocenters. The highest BCUT2D eigenvalue weighted by Gasteiger charge is 2.17. The van der Waals surface area contributed by atoms with Gasteiger partial charge in [0.1, 0.15) is 6.42 Å². The average molecular weight is 211 g/mol. The van der Waals surface area contributed by atoms with Crippen LogP contribution in [0.15, 0.2) is 0 Å². The number of rotatable bonds is 1. The van der Waals surface area contributed by atoms with E-state index in [-0.39, 0.29) is 12.3 Å². The maximum Gasteiger partial charge on any atom is 0.236 e. The summed E-state index contributed by atoms with van der Waals surface area (Å²) in [6, 6.07) is 1.87. The van der Waals surface area contributed by atoms with Crippen LogP contribution in [0.3, 0.4) is 0 Å². The van der Waals surface area contributed by atoms with Crippen molar-refractivity contribution < 1.29 is 4.79 Å². The van der Waals surface area contributed by atoms with Gasteiger partial charge in [0.05, 0.1) is 6.07 Å². The molecule has 1 rings (SSSR count). The quantitative estimate of drug-likeness (QED) is 0.652. The minimum absolute atomic E-state index is 0.0176. The molecule has 0 bridgehead atoms. The summed E-state index contributed by atoms with van der Waals surface area (Å²) in [4.78, 5) is 15.1. The summed E-state index contributed by atoms with van der Waals surface area (Å²) in [5.41, 5.74) is 0. The maximum atomic E-state index is 11.2. The van der Waals surface area contributed by atoms with Crippen LogP contribution < -0.4 is 0 Å². The number of nitrogens with zero attached hydrogens (tertiary/aromatic N) is 3. The molecule has 0 aromatic heterocycles. The summed E-state index contributed by atoms with van der Waals surface area (Å²) < 4.78 is 0. The second-order valence-electron chi connectivity index (χ2n) is 3.73. The zero-order chi connectivity index (χ0) is 11.7. The van der Waals surface area contributed by atoms with Crippen LogP contribution >= 0.6 is 0 Å². The lowest BCUT2D eigenvalue weighted by Crippen LogP contribution is -2.46. The molecule has 86 valence electrons. The molecule has 4 heteroatoms. The van der Waals surface area contributed by atoms with Crippen molar-refractivity contribution in [1.82, 2.24) is 9.80 Å². The van der Waals surface area contributed by atoms with Gasteiger partial charge in [-0.25, -0.2) is 0 Å². The number of carbonyl (C=O) groups is 1. The molecular weight excluding hydrogens is 190 g/mol. The smallest absolute Gasteiger partial charge is 0.236 e. The van der Waals surface area contributed by atoms with Gasteiger partial charge in [0, 0.05) is 26.2 Å². The zero-order valence-corrected chi connectivity index (χ0v) is 9.99. The number of hydrogen-bond acceptors (Lipinski definition) is 3. The molecule has 1 saturated heterocycles. The molecular formula is C11H21N3O. The first-order valence-corrected chi connectivity index (χ1v) is 5.48. The molecule has 1 heterocycles. The molecule has 0 saturated carbocycles. The normalized spacial score (nSPS) is 16.3. The highest BCUT2D eigenvalue weighted by atomic mass is 16.2. The summed E-state index contributed by atoms with van der Waals surface area (Å²) >= 11 is 0. The van der Waals surface area contributed by atoms with E-state index in [2.05, 4.69) is 18.7 Å². The number of piperazine rings is 1. The van der Waals surface area contributed by atoms with Gasteiger partial charge < -0.3 is 9.80 Å². The van der Waals surface area contributed by atoms with Crippen molar-refractivity contribution in [3.05, 3.63) is 0 Å². The van der Waals surface area contributed by atoms with Crippen molar-refractivity contribution in [2.24, 2.45) is 0 Å². The number of likely N-dealkylation sites (N-methyl/N-ethyl adjacent to an activating group) is 1. The monoisotopic (exact) mass is 211 g/mol. The molecule has 1 amide bonds. The van der Waals surface area contributed by atoms with E-state index in [1.54, 1.807) is 4.90 Å². The molecule has 4 nitrogen and oxygen atoms in total. The van der Waals surface area contributed by atoms with E-state index >= 15 is 0 Å². The fraction of sp³-hybridized carbons (Fsp3) is 0.818. The molecule has 0 radical (unpaired) electrons. The van der Waals surface area contributed by atoms with E-state index in [1.165, 1.54) is 6.42 Å². The molecule has 0 N–H and O–H groups in total. The van der Waals surface area contributed by atoms with Crippen LogP contribution in [0.5, 0.6) is 0 Å². The van der Waals surface area contributed by atoms with Gasteiger partial charge in [-0.15, -0.1) is 0 Å². The first-order chi connectivity index (χ1) is 7.15. The summed E-state index contributed by atoms with van der Waals surface area (Å²) in [5.74, 6) is -0.0365. The van der Waals surface area contributed by atoms with Crippen LogP contribution in [-0.4, -0.2) is 48.9 Å². The second kappa shape index (κ2) is 8.25. The van der Waals surface area contributed by atoms with Gasteiger partial charge in [0.2, 0.25) is 5.91 Å². The van der Waals surface area contributed by atoms with E-state index < -0.39 is 0 Å². The predicted molar refractivity (Wildman–Crippen MR) is 60.3 cm³/mol. The lowest BCUT2D eigenvalue weighted by Gasteiger charge is -2.31. The van der Waals surface area contributed by atoms with Gasteiger partial charge in [-0.1, -0.05) is 20.3 Å². The Morgan fingerprint density at radius 1 is 1.27 bits per heavy atom. The van der Waals surface area contributed by atoms with Gasteiger partial charge in [0.15, 0.2) is 0 Å². The van der Waals surface area contributed by atoms with Crippen molar-refractivity contribution in [3.63, 3.8) is 0 Å². The summed E-state index contributed by atoms with van der Waals surface area (Å²) in [6.45, 7) is 7.60. The summed E-state index contributed by atoms with van der Waals surface area (Å²) in [6.07, 6.45) is 1.27. The Kier molecular flexibility index (Phi) is 7.65. The Labute approximate surface area is 92.5 Å². The van der Waals surface area contributed by atoms with Crippen molar-refractivity contribution in [2.45, 2.75) is 26.7 Å². The Balaban J connectivity index is 0.000000583. The van der Waals surface area contributed by atoms with Crippen molar-refractivity contribution in [3.8, 4) is 6.07 Å². The molecule has 1 aliphatic heterocycles. The Morgan fingerprint density at radius 3 is 2.13 bits per heavy atom. The van der Waals surface area contributed by atoms with E-state index in [0.29, 0.717) is 0 Å². The van der Waals surface area contributed by atoms with Crippen LogP contribution in [-0.2, 0) is 4.79 Å². The largest absolute Gasteiger partial charge is 0.339 e. The fourth-order valence-electron chi connectivity index (χ4n) is 1.24. The Morgan fingerprint density at radius 2 is 1.73 bits per heavy atom. The number of hydrogen-bond donors (Lipinski definition) is 0. The standard InChI is InChI=1S/C8H13N3O.C3H8/c1-10-4-6-11(7-5-10)8(12)2-3-9;1-3-2/h2,4-7H2,1H3;3H2,1-2H3. The first-order valence-electron chi connectivity index (χ1n) is 5.48. The van der Waals surface area contributed by atoms with E-state index in [9.17, 15) is 4.79 Å². The number of nitriles is 1. The predicted octanol–water partition coefficient (Wildman–Crippen LogP) is 1.09. The third-order valence-corrected chi connectivity index (χ3v) is 2.09. The van der Waals surface area contributed by atoms with Crippen LogP contribution in [0.4, 0.5) is 0 Å². The van der Waals surface area contributed by atoms with E-state index in [4.69, 9.17) is 5.26 Å². The fourth-order valence-corrected chi connectivity index (χ4v) is 1.24. The molecule has 0 aliphatic carbocycles. The average Bonchev–Trinajstić information content (AvgIpc) is 2.20. The highest BCUT2D eigenvalue weighted by Crippen LogP contribution is 2.00. The highest BCUT2D eigenvalue weighted by molar-refractivity contribution is 5.78. The number of amides is 1. The second-order valence-corrected chi connectivity index (χ2v) is 3.73. The molecule has 1 aliphatic rings. The topological polar surface area (TPSA) is 47.3 Å². The Hall–Kier alpha value is -1.08. The van der Waals surface area contributed by atoms with Crippen LogP contribution in [0.2, 0.25) is 0 Å². The molecule has 0 unspecified atom stereocenters. The third-order valence-electron chi connectivity index (χ3n) is 2.09. The molecule has 15 heavy (non-hydrogen) atoms. The van der Waals surface area contributed by atoms with E-state index in [1.807, 2.05) is 13.1 Å². The first kappa shape index (κ1) is 13.9. The minimum Gasteiger partial charge on any atom is -0.339 e. The van der Waals surface area contributed by atoms with Gasteiger partial charge in [-0.2, -0.15) is 5.26 Å². The van der Waals surface area contributed by atoms with Gasteiger partial charge in [0.25, 0.3) is 0 Å². The minimum atomic E-state index is -0.0365. The van der Waals surface area contributed by atoms with Gasteiger partial charge in [-0.3, -0.25) is 4.79 Å². The molecule has 0 spiro atoms. The SMILES string of the molecule is CCC.CN1CCN(C(=O)CC#N)CC1. The Bertz CT molecular complexity index is 214. The maximum absolute atomic E-state index is 11.2. The van der Waals surface area contributed by atoms with Crippen LogP contribution in [0.25, 0.3) is 0 Å². The lowest BCUT2D eigenvalue weighted by molar-refractivity contribution is -0.131. The summed E-state index contributed by atoms with van der Waals surface area (Å²) in [5, 5.41) is 8.31. The molecule has 0 aromatic carbocycles. The van der Waals surface area contributed by atoms with Crippen molar-refractivity contribution >= 4 is 5.91 Å². The molecule has 1 fully saturated rings. The van der Waals surface area contributed by atoms with Crippen molar-refractivity contribution in [1.29, 1.82) is 5.26 Å². The number of carbonyl (C=O) groups excluding carboxylic acids is 1. The third kappa shape index (κ3) is 6.08. The van der Waals surface area contributed by atoms with Crippen LogP contribution in [0.1, 0.15) is 26.7 Å². The van der Waals surface area contributed by atoms with Gasteiger partial charge in [-0.05, 0) is 7.05 Å².